The number of carbonyl (C=O) groups is 1. The third-order valence-electron chi connectivity index (χ3n) is 3.08. The van der Waals surface area contributed by atoms with Gasteiger partial charge in [0.1, 0.15) is 11.3 Å². The van der Waals surface area contributed by atoms with E-state index in [9.17, 15) is 9.90 Å². The van der Waals surface area contributed by atoms with Crippen LogP contribution in [0, 0.1) is 13.8 Å². The summed E-state index contributed by atoms with van der Waals surface area (Å²) in [5.74, 6) is -0.933. The molecule has 19 heavy (non-hydrogen) atoms. The fourth-order valence-corrected chi connectivity index (χ4v) is 2.20. The Morgan fingerprint density at radius 2 is 2.11 bits per heavy atom. The highest BCUT2D eigenvalue weighted by Gasteiger charge is 2.18. The van der Waals surface area contributed by atoms with Crippen LogP contribution in [0.2, 0.25) is 0 Å². The summed E-state index contributed by atoms with van der Waals surface area (Å²) in [7, 11) is 0. The molecule has 100 valence electrons. The van der Waals surface area contributed by atoms with E-state index < -0.39 is 5.97 Å². The zero-order chi connectivity index (χ0) is 14.0. The van der Waals surface area contributed by atoms with Crippen LogP contribution in [0.1, 0.15) is 34.8 Å². The van der Waals surface area contributed by atoms with E-state index in [1.807, 2.05) is 39.0 Å². The maximum atomic E-state index is 11.3. The van der Waals surface area contributed by atoms with E-state index in [0.29, 0.717) is 5.69 Å². The summed E-state index contributed by atoms with van der Waals surface area (Å²) in [5, 5.41) is 13.7. The number of carboxylic acids is 1. The monoisotopic (exact) mass is 258 g/mol. The first kappa shape index (κ1) is 13.3. The van der Waals surface area contributed by atoms with E-state index in [1.54, 1.807) is 10.9 Å². The second kappa shape index (κ2) is 5.26. The first-order chi connectivity index (χ1) is 9.02. The number of aryl methyl sites for hydroxylation is 3. The van der Waals surface area contributed by atoms with Crippen LogP contribution in [0.3, 0.4) is 0 Å². The SMILES string of the molecule is CCCn1cc(C(=O)O)c(-c2ccc(C)cc2C)n1. The molecular formula is C15H18N2O2. The second-order valence-corrected chi connectivity index (χ2v) is 4.78. The quantitative estimate of drug-likeness (QED) is 0.915. The van der Waals surface area contributed by atoms with E-state index in [2.05, 4.69) is 5.10 Å². The summed E-state index contributed by atoms with van der Waals surface area (Å²) in [6.07, 6.45) is 2.54. The first-order valence-electron chi connectivity index (χ1n) is 6.41. The fraction of sp³-hybridized carbons (Fsp3) is 0.333. The van der Waals surface area contributed by atoms with Crippen LogP contribution < -0.4 is 0 Å². The normalized spacial score (nSPS) is 10.7. The van der Waals surface area contributed by atoms with Gasteiger partial charge in [-0.3, -0.25) is 4.68 Å². The number of hydrogen-bond donors (Lipinski definition) is 1. The van der Waals surface area contributed by atoms with Gasteiger partial charge in [0.2, 0.25) is 0 Å². The number of rotatable bonds is 4. The van der Waals surface area contributed by atoms with Crippen molar-refractivity contribution in [1.82, 2.24) is 9.78 Å². The number of benzene rings is 1. The highest BCUT2D eigenvalue weighted by atomic mass is 16.4. The molecule has 1 heterocycles. The van der Waals surface area contributed by atoms with Gasteiger partial charge in [-0.25, -0.2) is 4.79 Å². The molecule has 0 radical (unpaired) electrons. The minimum absolute atomic E-state index is 0.264. The Kier molecular flexibility index (Phi) is 3.69. The molecule has 0 spiro atoms. The van der Waals surface area contributed by atoms with Crippen molar-refractivity contribution in [1.29, 1.82) is 0 Å². The van der Waals surface area contributed by atoms with Crippen molar-refractivity contribution in [2.45, 2.75) is 33.7 Å². The number of aromatic carboxylic acids is 1. The highest BCUT2D eigenvalue weighted by Crippen LogP contribution is 2.26. The standard InChI is InChI=1S/C15H18N2O2/c1-4-7-17-9-13(15(18)19)14(16-17)12-6-5-10(2)8-11(12)3/h5-6,8-9H,4,7H2,1-3H3,(H,18,19). The number of carboxylic acid groups (broad SMARTS) is 1. The van der Waals surface area contributed by atoms with Gasteiger partial charge in [-0.05, 0) is 25.8 Å². The van der Waals surface area contributed by atoms with Crippen molar-refractivity contribution in [3.05, 3.63) is 41.1 Å². The maximum absolute atomic E-state index is 11.3. The van der Waals surface area contributed by atoms with Gasteiger partial charge in [-0.15, -0.1) is 0 Å². The molecule has 4 heteroatoms. The Hall–Kier alpha value is -2.10. The van der Waals surface area contributed by atoms with E-state index >= 15 is 0 Å². The molecule has 0 aliphatic carbocycles. The van der Waals surface area contributed by atoms with Crippen LogP contribution >= 0.6 is 0 Å². The van der Waals surface area contributed by atoms with Crippen molar-refractivity contribution < 1.29 is 9.90 Å². The molecule has 0 aliphatic heterocycles. The lowest BCUT2D eigenvalue weighted by molar-refractivity contribution is 0.0697. The molecule has 0 saturated heterocycles. The molecule has 2 rings (SSSR count). The average Bonchev–Trinajstić information content (AvgIpc) is 2.73. The van der Waals surface area contributed by atoms with Gasteiger partial charge >= 0.3 is 5.97 Å². The van der Waals surface area contributed by atoms with Crippen LogP contribution in [0.5, 0.6) is 0 Å². The molecule has 1 aromatic carbocycles. The molecule has 0 aliphatic rings. The van der Waals surface area contributed by atoms with Gasteiger partial charge in [0, 0.05) is 18.3 Å². The maximum Gasteiger partial charge on any atom is 0.339 e. The van der Waals surface area contributed by atoms with Gasteiger partial charge in [-0.2, -0.15) is 5.10 Å². The Morgan fingerprint density at radius 1 is 1.37 bits per heavy atom. The van der Waals surface area contributed by atoms with Crippen LogP contribution in [0.25, 0.3) is 11.3 Å². The predicted molar refractivity (Wildman–Crippen MR) is 74.4 cm³/mol. The van der Waals surface area contributed by atoms with Gasteiger partial charge < -0.3 is 5.11 Å². The van der Waals surface area contributed by atoms with Crippen LogP contribution in [0.15, 0.2) is 24.4 Å². The second-order valence-electron chi connectivity index (χ2n) is 4.78. The molecule has 2 aromatic rings. The molecule has 0 bridgehead atoms. The highest BCUT2D eigenvalue weighted by molar-refractivity contribution is 5.95. The van der Waals surface area contributed by atoms with E-state index in [0.717, 1.165) is 29.7 Å². The average molecular weight is 258 g/mol. The minimum atomic E-state index is -0.933. The minimum Gasteiger partial charge on any atom is -0.478 e. The van der Waals surface area contributed by atoms with Crippen molar-refractivity contribution in [2.75, 3.05) is 0 Å². The largest absolute Gasteiger partial charge is 0.478 e. The number of nitrogens with zero attached hydrogens (tertiary/aromatic N) is 2. The zero-order valence-corrected chi connectivity index (χ0v) is 11.5. The smallest absolute Gasteiger partial charge is 0.339 e. The number of aromatic nitrogens is 2. The Morgan fingerprint density at radius 3 is 2.68 bits per heavy atom. The summed E-state index contributed by atoms with van der Waals surface area (Å²) >= 11 is 0. The molecule has 4 nitrogen and oxygen atoms in total. The van der Waals surface area contributed by atoms with E-state index in [-0.39, 0.29) is 5.56 Å². The lowest BCUT2D eigenvalue weighted by atomic mass is 10.0. The molecule has 0 saturated carbocycles. The third kappa shape index (κ3) is 2.67. The molecule has 1 aromatic heterocycles. The zero-order valence-electron chi connectivity index (χ0n) is 11.5. The summed E-state index contributed by atoms with van der Waals surface area (Å²) in [5.41, 5.74) is 3.91. The Balaban J connectivity index is 2.56. The topological polar surface area (TPSA) is 55.1 Å². The summed E-state index contributed by atoms with van der Waals surface area (Å²) in [4.78, 5) is 11.3. The van der Waals surface area contributed by atoms with Crippen LogP contribution in [0.4, 0.5) is 0 Å². The lowest BCUT2D eigenvalue weighted by Crippen LogP contribution is -1.97. The van der Waals surface area contributed by atoms with Crippen LogP contribution in [-0.2, 0) is 6.54 Å². The van der Waals surface area contributed by atoms with Crippen molar-refractivity contribution in [3.63, 3.8) is 0 Å². The summed E-state index contributed by atoms with van der Waals surface area (Å²) in [6, 6.07) is 5.96. The van der Waals surface area contributed by atoms with Crippen molar-refractivity contribution in [2.24, 2.45) is 0 Å². The number of hydrogen-bond acceptors (Lipinski definition) is 2. The Bertz CT molecular complexity index is 615. The van der Waals surface area contributed by atoms with Gasteiger partial charge in [-0.1, -0.05) is 30.7 Å². The van der Waals surface area contributed by atoms with E-state index in [1.165, 1.54) is 0 Å². The molecule has 0 atom stereocenters. The Labute approximate surface area is 112 Å². The predicted octanol–water partition coefficient (Wildman–Crippen LogP) is 3.28. The van der Waals surface area contributed by atoms with Gasteiger partial charge in [0.25, 0.3) is 0 Å². The molecule has 0 amide bonds. The lowest BCUT2D eigenvalue weighted by Gasteiger charge is -2.05. The first-order valence-corrected chi connectivity index (χ1v) is 6.41. The molecular weight excluding hydrogens is 240 g/mol. The van der Waals surface area contributed by atoms with Crippen molar-refractivity contribution >= 4 is 5.97 Å². The molecule has 0 fully saturated rings. The van der Waals surface area contributed by atoms with Crippen LogP contribution in [-0.4, -0.2) is 20.9 Å². The third-order valence-corrected chi connectivity index (χ3v) is 3.08. The molecule has 1 N–H and O–H groups in total. The summed E-state index contributed by atoms with van der Waals surface area (Å²) in [6.45, 7) is 6.77. The van der Waals surface area contributed by atoms with Gasteiger partial charge in [0.15, 0.2) is 0 Å². The molecule has 0 unspecified atom stereocenters. The van der Waals surface area contributed by atoms with E-state index in [4.69, 9.17) is 0 Å². The van der Waals surface area contributed by atoms with Crippen molar-refractivity contribution in [3.8, 4) is 11.3 Å². The summed E-state index contributed by atoms with van der Waals surface area (Å²) < 4.78 is 1.71. The van der Waals surface area contributed by atoms with Gasteiger partial charge in [0.05, 0.1) is 0 Å². The fourth-order valence-electron chi connectivity index (χ4n) is 2.20.